The molecular formula is C13H22N4O4S. The van der Waals surface area contributed by atoms with Gasteiger partial charge in [0.2, 0.25) is 21.8 Å². The third kappa shape index (κ3) is 3.64. The Balaban J connectivity index is 2.05. The summed E-state index contributed by atoms with van der Waals surface area (Å²) >= 11 is 0. The van der Waals surface area contributed by atoms with Crippen molar-refractivity contribution in [2.24, 2.45) is 0 Å². The molecule has 0 bridgehead atoms. The Bertz CT molecular complexity index is 640. The molecule has 8 nitrogen and oxygen atoms in total. The van der Waals surface area contributed by atoms with Crippen LogP contribution in [0.15, 0.2) is 4.52 Å². The van der Waals surface area contributed by atoms with E-state index in [1.165, 1.54) is 9.21 Å². The van der Waals surface area contributed by atoms with E-state index < -0.39 is 16.1 Å². The van der Waals surface area contributed by atoms with Crippen LogP contribution in [-0.2, 0) is 21.4 Å². The Hall–Kier alpha value is -1.48. The van der Waals surface area contributed by atoms with Gasteiger partial charge in [-0.3, -0.25) is 4.79 Å². The van der Waals surface area contributed by atoms with Crippen LogP contribution in [0.3, 0.4) is 0 Å². The molecule has 1 amide bonds. The zero-order valence-corrected chi connectivity index (χ0v) is 14.1. The minimum absolute atomic E-state index is 0.123. The summed E-state index contributed by atoms with van der Waals surface area (Å²) in [6, 6.07) is -0.628. The average molecular weight is 330 g/mol. The normalized spacial score (nSPS) is 19.8. The van der Waals surface area contributed by atoms with Gasteiger partial charge < -0.3 is 9.42 Å². The van der Waals surface area contributed by atoms with Gasteiger partial charge in [-0.25, -0.2) is 8.42 Å². The molecule has 0 N–H and O–H groups in total. The van der Waals surface area contributed by atoms with E-state index in [-0.39, 0.29) is 18.4 Å². The highest BCUT2D eigenvalue weighted by Crippen LogP contribution is 2.22. The van der Waals surface area contributed by atoms with Gasteiger partial charge in [-0.2, -0.15) is 9.29 Å². The number of aromatic nitrogens is 2. The van der Waals surface area contributed by atoms with Crippen molar-refractivity contribution < 1.29 is 17.7 Å². The molecule has 2 heterocycles. The van der Waals surface area contributed by atoms with E-state index in [4.69, 9.17) is 4.52 Å². The summed E-state index contributed by atoms with van der Waals surface area (Å²) in [6.07, 6.45) is 2.36. The van der Waals surface area contributed by atoms with Crippen molar-refractivity contribution in [2.75, 3.05) is 19.8 Å². The molecule has 1 aliphatic rings. The van der Waals surface area contributed by atoms with E-state index in [2.05, 4.69) is 10.1 Å². The summed E-state index contributed by atoms with van der Waals surface area (Å²) < 4.78 is 29.8. The number of nitrogens with zero attached hydrogens (tertiary/aromatic N) is 4. The molecule has 9 heteroatoms. The SMILES string of the molecule is CC(C)c1nc(CN(C)C(=O)[C@H]2CCCN2S(C)(=O)=O)no1. The maximum atomic E-state index is 12.5. The van der Waals surface area contributed by atoms with Gasteiger partial charge in [0.15, 0.2) is 5.82 Å². The Morgan fingerprint density at radius 3 is 2.73 bits per heavy atom. The summed E-state index contributed by atoms with van der Waals surface area (Å²) in [4.78, 5) is 18.2. The first-order valence-corrected chi connectivity index (χ1v) is 9.09. The molecular weight excluding hydrogens is 308 g/mol. The van der Waals surface area contributed by atoms with Gasteiger partial charge in [-0.15, -0.1) is 0 Å². The van der Waals surface area contributed by atoms with Crippen molar-refractivity contribution in [2.45, 2.75) is 45.2 Å². The molecule has 2 rings (SSSR count). The first kappa shape index (κ1) is 16.9. The molecule has 0 aromatic carbocycles. The lowest BCUT2D eigenvalue weighted by Gasteiger charge is -2.25. The van der Waals surface area contributed by atoms with Crippen LogP contribution in [0, 0.1) is 0 Å². The molecule has 1 aromatic rings. The number of amides is 1. The topological polar surface area (TPSA) is 96.6 Å². The number of sulfonamides is 1. The van der Waals surface area contributed by atoms with Crippen LogP contribution in [0.1, 0.15) is 44.3 Å². The smallest absolute Gasteiger partial charge is 0.241 e. The second kappa shape index (κ2) is 6.33. The molecule has 1 aromatic heterocycles. The molecule has 124 valence electrons. The number of rotatable bonds is 5. The van der Waals surface area contributed by atoms with E-state index in [0.29, 0.717) is 31.1 Å². The predicted molar refractivity (Wildman–Crippen MR) is 79.4 cm³/mol. The van der Waals surface area contributed by atoms with E-state index >= 15 is 0 Å². The monoisotopic (exact) mass is 330 g/mol. The second-order valence-corrected chi connectivity index (χ2v) is 7.86. The van der Waals surface area contributed by atoms with E-state index in [1.54, 1.807) is 7.05 Å². The highest BCUT2D eigenvalue weighted by atomic mass is 32.2. The van der Waals surface area contributed by atoms with Crippen LogP contribution in [0.4, 0.5) is 0 Å². The largest absolute Gasteiger partial charge is 0.339 e. The Morgan fingerprint density at radius 2 is 2.18 bits per heavy atom. The molecule has 1 saturated heterocycles. The van der Waals surface area contributed by atoms with E-state index in [9.17, 15) is 13.2 Å². The summed E-state index contributed by atoms with van der Waals surface area (Å²) in [6.45, 7) is 4.47. The lowest BCUT2D eigenvalue weighted by molar-refractivity contribution is -0.133. The van der Waals surface area contributed by atoms with Crippen LogP contribution >= 0.6 is 0 Å². The zero-order chi connectivity index (χ0) is 16.5. The fourth-order valence-corrected chi connectivity index (χ4v) is 3.61. The molecule has 1 aliphatic heterocycles. The molecule has 0 radical (unpaired) electrons. The van der Waals surface area contributed by atoms with Crippen LogP contribution in [-0.4, -0.2) is 59.6 Å². The molecule has 1 fully saturated rings. The van der Waals surface area contributed by atoms with Gasteiger partial charge in [0.25, 0.3) is 0 Å². The number of carbonyl (C=O) groups excluding carboxylic acids is 1. The molecule has 0 unspecified atom stereocenters. The number of hydrogen-bond donors (Lipinski definition) is 0. The van der Waals surface area contributed by atoms with Crippen LogP contribution in [0.2, 0.25) is 0 Å². The first-order valence-electron chi connectivity index (χ1n) is 7.24. The van der Waals surface area contributed by atoms with Crippen molar-refractivity contribution in [3.8, 4) is 0 Å². The zero-order valence-electron chi connectivity index (χ0n) is 13.3. The van der Waals surface area contributed by atoms with Crippen molar-refractivity contribution in [1.29, 1.82) is 0 Å². The quantitative estimate of drug-likeness (QED) is 0.783. The van der Waals surface area contributed by atoms with Gasteiger partial charge in [0.05, 0.1) is 12.8 Å². The third-order valence-electron chi connectivity index (χ3n) is 3.65. The Kier molecular flexibility index (Phi) is 4.86. The second-order valence-electron chi connectivity index (χ2n) is 5.93. The molecule has 1 atom stereocenters. The predicted octanol–water partition coefficient (Wildman–Crippen LogP) is 0.575. The lowest BCUT2D eigenvalue weighted by atomic mass is 10.2. The number of likely N-dealkylation sites (N-methyl/N-ethyl adjacent to an activating group) is 1. The van der Waals surface area contributed by atoms with Gasteiger partial charge >= 0.3 is 0 Å². The summed E-state index contributed by atoms with van der Waals surface area (Å²) in [5.41, 5.74) is 0. The first-order chi connectivity index (χ1) is 10.2. The number of hydrogen-bond acceptors (Lipinski definition) is 6. The Labute approximate surface area is 130 Å². The van der Waals surface area contributed by atoms with Crippen molar-refractivity contribution in [1.82, 2.24) is 19.3 Å². The maximum Gasteiger partial charge on any atom is 0.241 e. The molecule has 22 heavy (non-hydrogen) atoms. The van der Waals surface area contributed by atoms with Crippen LogP contribution < -0.4 is 0 Å². The maximum absolute atomic E-state index is 12.5. The highest BCUT2D eigenvalue weighted by molar-refractivity contribution is 7.88. The summed E-state index contributed by atoms with van der Waals surface area (Å²) in [5.74, 6) is 0.828. The van der Waals surface area contributed by atoms with Gasteiger partial charge in [-0.05, 0) is 12.8 Å². The van der Waals surface area contributed by atoms with Crippen molar-refractivity contribution >= 4 is 15.9 Å². The van der Waals surface area contributed by atoms with Crippen molar-refractivity contribution in [3.63, 3.8) is 0 Å². The molecule has 0 aliphatic carbocycles. The van der Waals surface area contributed by atoms with Gasteiger partial charge in [0.1, 0.15) is 6.04 Å². The van der Waals surface area contributed by atoms with Crippen LogP contribution in [0.25, 0.3) is 0 Å². The Morgan fingerprint density at radius 1 is 1.50 bits per heavy atom. The minimum Gasteiger partial charge on any atom is -0.339 e. The van der Waals surface area contributed by atoms with Crippen molar-refractivity contribution in [3.05, 3.63) is 11.7 Å². The molecule has 0 saturated carbocycles. The lowest BCUT2D eigenvalue weighted by Crippen LogP contribution is -2.46. The summed E-state index contributed by atoms with van der Waals surface area (Å²) in [7, 11) is -1.76. The van der Waals surface area contributed by atoms with Gasteiger partial charge in [-0.1, -0.05) is 19.0 Å². The van der Waals surface area contributed by atoms with E-state index in [0.717, 1.165) is 6.26 Å². The average Bonchev–Trinajstić information content (AvgIpc) is 3.05. The van der Waals surface area contributed by atoms with Crippen LogP contribution in [0.5, 0.6) is 0 Å². The highest BCUT2D eigenvalue weighted by Gasteiger charge is 2.38. The minimum atomic E-state index is -3.37. The fourth-order valence-electron chi connectivity index (χ4n) is 2.49. The molecule has 0 spiro atoms. The van der Waals surface area contributed by atoms with Gasteiger partial charge in [0, 0.05) is 19.5 Å². The third-order valence-corrected chi connectivity index (χ3v) is 4.94. The standard InChI is InChI=1S/C13H22N4O4S/c1-9(2)12-14-11(15-21-12)8-16(3)13(18)10-6-5-7-17(10)22(4,19)20/h9-10H,5-8H2,1-4H3/t10-/m1/s1. The summed E-state index contributed by atoms with van der Waals surface area (Å²) in [5, 5.41) is 3.84. The fraction of sp³-hybridized carbons (Fsp3) is 0.769. The van der Waals surface area contributed by atoms with E-state index in [1.807, 2.05) is 13.8 Å². The number of carbonyl (C=O) groups is 1.